The van der Waals surface area contributed by atoms with Crippen LogP contribution < -0.4 is 0 Å². The molecule has 0 unspecified atom stereocenters. The summed E-state index contributed by atoms with van der Waals surface area (Å²) in [5.41, 5.74) is 1.16. The second-order valence-electron chi connectivity index (χ2n) is 2.03. The van der Waals surface area contributed by atoms with Gasteiger partial charge in [-0.2, -0.15) is 0 Å². The van der Waals surface area contributed by atoms with Gasteiger partial charge in [0, 0.05) is 0 Å². The third-order valence-electron chi connectivity index (χ3n) is 0.710. The Kier molecular flexibility index (Phi) is 13.9. The monoisotopic (exact) mass is 160 g/mol. The number of aliphatic hydroxyl groups excluding tert-OH is 3. The molecule has 0 aromatic heterocycles. The molecular weight excluding hydrogens is 144 g/mol. The van der Waals surface area contributed by atoms with E-state index in [2.05, 4.69) is 0 Å². The van der Waals surface area contributed by atoms with Crippen molar-refractivity contribution in [1.29, 1.82) is 0 Å². The van der Waals surface area contributed by atoms with Crippen molar-refractivity contribution in [2.24, 2.45) is 0 Å². The Balaban J connectivity index is 0. The maximum Gasteiger partial charge on any atom is 0.0774 e. The van der Waals surface area contributed by atoms with E-state index in [9.17, 15) is 0 Å². The van der Waals surface area contributed by atoms with Crippen molar-refractivity contribution in [2.75, 3.05) is 13.2 Å². The zero-order valence-corrected chi connectivity index (χ0v) is 6.99. The SMILES string of the molecule is CC(C)=CCO.OC=CCO. The normalized spacial score (nSPS) is 8.73. The van der Waals surface area contributed by atoms with Crippen LogP contribution in [0.15, 0.2) is 24.0 Å². The van der Waals surface area contributed by atoms with Crippen molar-refractivity contribution >= 4 is 0 Å². The predicted molar refractivity (Wildman–Crippen MR) is 45.4 cm³/mol. The average Bonchev–Trinajstić information content (AvgIpc) is 1.90. The smallest absolute Gasteiger partial charge is 0.0774 e. The Morgan fingerprint density at radius 1 is 1.18 bits per heavy atom. The molecule has 0 amide bonds. The standard InChI is InChI=1S/C5H10O.C3H6O2/c1-5(2)3-4-6;4-2-1-3-5/h3,6H,4H2,1-2H3;1-2,4-5H,3H2. The van der Waals surface area contributed by atoms with E-state index in [4.69, 9.17) is 15.3 Å². The van der Waals surface area contributed by atoms with Gasteiger partial charge in [-0.05, 0) is 19.9 Å². The second kappa shape index (κ2) is 11.9. The third kappa shape index (κ3) is 27.0. The lowest BCUT2D eigenvalue weighted by Gasteiger charge is -1.80. The highest BCUT2D eigenvalue weighted by molar-refractivity contribution is 4.91. The van der Waals surface area contributed by atoms with Gasteiger partial charge in [0.2, 0.25) is 0 Å². The molecule has 0 aliphatic rings. The summed E-state index contributed by atoms with van der Waals surface area (Å²) < 4.78 is 0. The molecule has 0 saturated heterocycles. The number of allylic oxidation sites excluding steroid dienone is 1. The lowest BCUT2D eigenvalue weighted by Crippen LogP contribution is -1.71. The van der Waals surface area contributed by atoms with Crippen LogP contribution in [0, 0.1) is 0 Å². The van der Waals surface area contributed by atoms with Crippen LogP contribution in [0.1, 0.15) is 13.8 Å². The molecule has 0 atom stereocenters. The van der Waals surface area contributed by atoms with Gasteiger partial charge < -0.3 is 15.3 Å². The van der Waals surface area contributed by atoms with E-state index in [-0.39, 0.29) is 13.2 Å². The summed E-state index contributed by atoms with van der Waals surface area (Å²) in [4.78, 5) is 0. The Morgan fingerprint density at radius 3 is 1.73 bits per heavy atom. The van der Waals surface area contributed by atoms with Crippen molar-refractivity contribution in [3.8, 4) is 0 Å². The minimum Gasteiger partial charge on any atom is -0.516 e. The van der Waals surface area contributed by atoms with Crippen molar-refractivity contribution < 1.29 is 15.3 Å². The van der Waals surface area contributed by atoms with Gasteiger partial charge in [-0.3, -0.25) is 0 Å². The molecule has 66 valence electrons. The second-order valence-corrected chi connectivity index (χ2v) is 2.03. The van der Waals surface area contributed by atoms with Crippen molar-refractivity contribution in [3.63, 3.8) is 0 Å². The van der Waals surface area contributed by atoms with Crippen LogP contribution in [0.4, 0.5) is 0 Å². The maximum absolute atomic E-state index is 8.16. The molecule has 3 nitrogen and oxygen atoms in total. The highest BCUT2D eigenvalue weighted by atomic mass is 16.3. The van der Waals surface area contributed by atoms with Gasteiger partial charge in [0.15, 0.2) is 0 Å². The van der Waals surface area contributed by atoms with Crippen LogP contribution in [0.5, 0.6) is 0 Å². The van der Waals surface area contributed by atoms with Crippen molar-refractivity contribution in [3.05, 3.63) is 24.0 Å². The zero-order chi connectivity index (χ0) is 9.11. The van der Waals surface area contributed by atoms with Crippen LogP contribution >= 0.6 is 0 Å². The Bertz CT molecular complexity index is 113. The number of hydrogen-bond donors (Lipinski definition) is 3. The molecule has 0 fully saturated rings. The van der Waals surface area contributed by atoms with Crippen LogP contribution in [-0.2, 0) is 0 Å². The molecule has 0 radical (unpaired) electrons. The van der Waals surface area contributed by atoms with Gasteiger partial charge in [0.05, 0.1) is 19.5 Å². The number of hydrogen-bond acceptors (Lipinski definition) is 3. The fourth-order valence-corrected chi connectivity index (χ4v) is 0.230. The van der Waals surface area contributed by atoms with E-state index < -0.39 is 0 Å². The summed E-state index contributed by atoms with van der Waals surface area (Å²) in [5.74, 6) is 0. The van der Waals surface area contributed by atoms with Gasteiger partial charge in [-0.1, -0.05) is 11.6 Å². The van der Waals surface area contributed by atoms with Gasteiger partial charge in [-0.15, -0.1) is 0 Å². The van der Waals surface area contributed by atoms with Crippen LogP contribution in [0.3, 0.4) is 0 Å². The third-order valence-corrected chi connectivity index (χ3v) is 0.710. The van der Waals surface area contributed by atoms with Gasteiger partial charge >= 0.3 is 0 Å². The lowest BCUT2D eigenvalue weighted by atomic mass is 10.3. The number of rotatable bonds is 2. The van der Waals surface area contributed by atoms with Gasteiger partial charge in [0.1, 0.15) is 0 Å². The van der Waals surface area contributed by atoms with E-state index in [1.807, 2.05) is 13.8 Å². The van der Waals surface area contributed by atoms with Crippen LogP contribution in [-0.4, -0.2) is 28.5 Å². The summed E-state index contributed by atoms with van der Waals surface area (Å²) in [5, 5.41) is 23.7. The molecule has 0 heterocycles. The summed E-state index contributed by atoms with van der Waals surface area (Å²) in [6.45, 7) is 3.99. The number of aliphatic hydroxyl groups is 3. The Labute approximate surface area is 67.3 Å². The van der Waals surface area contributed by atoms with Crippen molar-refractivity contribution in [2.45, 2.75) is 13.8 Å². The molecule has 3 N–H and O–H groups in total. The predicted octanol–water partition coefficient (Wildman–Crippen LogP) is 0.995. The molecule has 0 aliphatic carbocycles. The Hall–Kier alpha value is -0.800. The van der Waals surface area contributed by atoms with E-state index in [1.165, 1.54) is 6.08 Å². The van der Waals surface area contributed by atoms with Crippen LogP contribution in [0.25, 0.3) is 0 Å². The zero-order valence-electron chi connectivity index (χ0n) is 6.99. The first-order chi connectivity index (χ1) is 5.18. The lowest BCUT2D eigenvalue weighted by molar-refractivity contribution is 0.337. The highest BCUT2D eigenvalue weighted by Crippen LogP contribution is 1.83. The fraction of sp³-hybridized carbons (Fsp3) is 0.500. The summed E-state index contributed by atoms with van der Waals surface area (Å²) in [6.07, 6.45) is 3.81. The summed E-state index contributed by atoms with van der Waals surface area (Å²) in [7, 11) is 0. The molecule has 0 spiro atoms. The van der Waals surface area contributed by atoms with Gasteiger partial charge in [-0.25, -0.2) is 0 Å². The minimum atomic E-state index is -0.0868. The molecule has 3 heteroatoms. The first kappa shape index (κ1) is 12.8. The average molecular weight is 160 g/mol. The van der Waals surface area contributed by atoms with E-state index >= 15 is 0 Å². The minimum absolute atomic E-state index is 0.0868. The van der Waals surface area contributed by atoms with E-state index in [0.717, 1.165) is 11.8 Å². The molecule has 0 aromatic rings. The topological polar surface area (TPSA) is 60.7 Å². The van der Waals surface area contributed by atoms with Crippen LogP contribution in [0.2, 0.25) is 0 Å². The molecule has 0 saturated carbocycles. The Morgan fingerprint density at radius 2 is 1.73 bits per heavy atom. The van der Waals surface area contributed by atoms with Gasteiger partial charge in [0.25, 0.3) is 0 Å². The van der Waals surface area contributed by atoms with Crippen molar-refractivity contribution in [1.82, 2.24) is 0 Å². The summed E-state index contributed by atoms with van der Waals surface area (Å²) in [6, 6.07) is 0. The highest BCUT2D eigenvalue weighted by Gasteiger charge is 1.68. The van der Waals surface area contributed by atoms with E-state index in [1.54, 1.807) is 6.08 Å². The molecule has 0 rings (SSSR count). The summed E-state index contributed by atoms with van der Waals surface area (Å²) >= 11 is 0. The first-order valence-corrected chi connectivity index (χ1v) is 3.33. The first-order valence-electron chi connectivity index (χ1n) is 3.33. The van der Waals surface area contributed by atoms with E-state index in [0.29, 0.717) is 0 Å². The quantitative estimate of drug-likeness (QED) is 0.417. The fourth-order valence-electron chi connectivity index (χ4n) is 0.230. The maximum atomic E-state index is 8.16. The molecular formula is C8H16O3. The molecule has 0 aromatic carbocycles. The largest absolute Gasteiger partial charge is 0.516 e. The molecule has 0 aliphatic heterocycles. The molecule has 11 heavy (non-hydrogen) atoms. The molecule has 0 bridgehead atoms.